The van der Waals surface area contributed by atoms with E-state index in [0.29, 0.717) is 23.7 Å². The summed E-state index contributed by atoms with van der Waals surface area (Å²) >= 11 is 0. The van der Waals surface area contributed by atoms with Crippen molar-refractivity contribution in [1.29, 1.82) is 0 Å². The second-order valence-corrected chi connectivity index (χ2v) is 4.46. The third-order valence-corrected chi connectivity index (χ3v) is 3.03. The lowest BCUT2D eigenvalue weighted by atomic mass is 10.2. The fraction of sp³-hybridized carbons (Fsp3) is 0.267. The molecule has 0 bridgehead atoms. The Labute approximate surface area is 125 Å². The van der Waals surface area contributed by atoms with Gasteiger partial charge in [-0.1, -0.05) is 0 Å². The molecule has 1 aromatic heterocycles. The molecule has 0 aliphatic rings. The largest absolute Gasteiger partial charge is 0.497 e. The lowest BCUT2D eigenvalue weighted by Crippen LogP contribution is -2.09. The average molecular weight is 312 g/mol. The Kier molecular flexibility index (Phi) is 4.75. The number of halogens is 3. The maximum atomic E-state index is 12.6. The molecule has 0 saturated heterocycles. The van der Waals surface area contributed by atoms with Crippen LogP contribution in [-0.4, -0.2) is 19.2 Å². The van der Waals surface area contributed by atoms with Crippen LogP contribution in [0.3, 0.4) is 0 Å². The first-order chi connectivity index (χ1) is 10.4. The van der Waals surface area contributed by atoms with Crippen LogP contribution >= 0.6 is 0 Å². The highest BCUT2D eigenvalue weighted by Gasteiger charge is 2.32. The Morgan fingerprint density at radius 1 is 1.09 bits per heavy atom. The third-order valence-electron chi connectivity index (χ3n) is 3.03. The van der Waals surface area contributed by atoms with Gasteiger partial charge in [0.1, 0.15) is 17.2 Å². The van der Waals surface area contributed by atoms with Crippen LogP contribution in [0.2, 0.25) is 0 Å². The second-order valence-electron chi connectivity index (χ2n) is 4.46. The predicted molar refractivity (Wildman–Crippen MR) is 76.1 cm³/mol. The van der Waals surface area contributed by atoms with Gasteiger partial charge in [-0.2, -0.15) is 13.2 Å². The Bertz CT molecular complexity index is 645. The highest BCUT2D eigenvalue weighted by molar-refractivity contribution is 5.47. The zero-order valence-electron chi connectivity index (χ0n) is 12.1. The lowest BCUT2D eigenvalue weighted by Gasteiger charge is -2.13. The van der Waals surface area contributed by atoms with E-state index in [1.165, 1.54) is 13.2 Å². The van der Waals surface area contributed by atoms with Gasteiger partial charge in [-0.15, -0.1) is 0 Å². The van der Waals surface area contributed by atoms with Gasteiger partial charge in [0.2, 0.25) is 0 Å². The summed E-state index contributed by atoms with van der Waals surface area (Å²) in [6.07, 6.45) is -3.34. The molecule has 1 N–H and O–H groups in total. The van der Waals surface area contributed by atoms with Crippen molar-refractivity contribution < 1.29 is 22.6 Å². The quantitative estimate of drug-likeness (QED) is 0.913. The summed E-state index contributed by atoms with van der Waals surface area (Å²) in [5, 5.41) is 2.92. The zero-order valence-corrected chi connectivity index (χ0v) is 12.1. The standard InChI is InChI=1S/C15H15F3N2O2/c1-21-12-4-3-10(13(8-12)22-2)9-20-11-5-6-19-14(7-11)15(16,17)18/h3-8H,9H2,1-2H3,(H,19,20). The lowest BCUT2D eigenvalue weighted by molar-refractivity contribution is -0.141. The molecule has 0 saturated carbocycles. The molecule has 118 valence electrons. The van der Waals surface area contributed by atoms with Crippen LogP contribution in [0, 0.1) is 0 Å². The summed E-state index contributed by atoms with van der Waals surface area (Å²) in [6, 6.07) is 7.70. The Morgan fingerprint density at radius 3 is 2.50 bits per heavy atom. The van der Waals surface area contributed by atoms with Crippen LogP contribution in [0.15, 0.2) is 36.5 Å². The summed E-state index contributed by atoms with van der Waals surface area (Å²) in [4.78, 5) is 3.32. The minimum atomic E-state index is -4.46. The summed E-state index contributed by atoms with van der Waals surface area (Å²) in [7, 11) is 3.06. The number of benzene rings is 1. The maximum absolute atomic E-state index is 12.6. The van der Waals surface area contributed by atoms with Gasteiger partial charge in [0.15, 0.2) is 0 Å². The third kappa shape index (κ3) is 3.81. The Morgan fingerprint density at radius 2 is 1.86 bits per heavy atom. The second kappa shape index (κ2) is 6.55. The van der Waals surface area contributed by atoms with E-state index in [9.17, 15) is 13.2 Å². The molecule has 2 aromatic rings. The van der Waals surface area contributed by atoms with E-state index in [4.69, 9.17) is 9.47 Å². The number of anilines is 1. The first-order valence-electron chi connectivity index (χ1n) is 6.42. The first-order valence-corrected chi connectivity index (χ1v) is 6.42. The summed E-state index contributed by atoms with van der Waals surface area (Å²) < 4.78 is 48.2. The SMILES string of the molecule is COc1ccc(CNc2ccnc(C(F)(F)F)c2)c(OC)c1. The molecule has 1 aromatic carbocycles. The molecule has 2 rings (SSSR count). The van der Waals surface area contributed by atoms with E-state index in [1.807, 2.05) is 0 Å². The topological polar surface area (TPSA) is 43.4 Å². The first kappa shape index (κ1) is 15.9. The number of ether oxygens (including phenoxy) is 2. The minimum Gasteiger partial charge on any atom is -0.497 e. The van der Waals surface area contributed by atoms with Crippen LogP contribution in [-0.2, 0) is 12.7 Å². The van der Waals surface area contributed by atoms with E-state index in [1.54, 1.807) is 25.3 Å². The number of aromatic nitrogens is 1. The van der Waals surface area contributed by atoms with Gasteiger partial charge < -0.3 is 14.8 Å². The van der Waals surface area contributed by atoms with Gasteiger partial charge in [-0.3, -0.25) is 4.98 Å². The van der Waals surface area contributed by atoms with E-state index in [-0.39, 0.29) is 0 Å². The molecule has 4 nitrogen and oxygen atoms in total. The van der Waals surface area contributed by atoms with Crippen molar-refractivity contribution in [2.24, 2.45) is 0 Å². The van der Waals surface area contributed by atoms with Gasteiger partial charge in [0.05, 0.1) is 14.2 Å². The molecule has 0 radical (unpaired) electrons. The van der Waals surface area contributed by atoms with Gasteiger partial charge in [0, 0.05) is 30.1 Å². The van der Waals surface area contributed by atoms with Crippen molar-refractivity contribution >= 4 is 5.69 Å². The molecule has 0 atom stereocenters. The summed E-state index contributed by atoms with van der Waals surface area (Å²) in [6.45, 7) is 0.314. The van der Waals surface area contributed by atoms with Crippen molar-refractivity contribution in [3.63, 3.8) is 0 Å². The number of nitrogens with zero attached hydrogens (tertiary/aromatic N) is 1. The van der Waals surface area contributed by atoms with E-state index in [0.717, 1.165) is 17.8 Å². The molecule has 1 heterocycles. The maximum Gasteiger partial charge on any atom is 0.433 e. The van der Waals surface area contributed by atoms with Gasteiger partial charge in [-0.25, -0.2) is 0 Å². The van der Waals surface area contributed by atoms with Crippen LogP contribution in [0.25, 0.3) is 0 Å². The van der Waals surface area contributed by atoms with Crippen LogP contribution in [0.1, 0.15) is 11.3 Å². The minimum absolute atomic E-state index is 0.314. The average Bonchev–Trinajstić information content (AvgIpc) is 2.52. The molecule has 22 heavy (non-hydrogen) atoms. The molecule has 0 spiro atoms. The van der Waals surface area contributed by atoms with Crippen molar-refractivity contribution in [3.05, 3.63) is 47.8 Å². The number of nitrogens with one attached hydrogen (secondary N) is 1. The molecular formula is C15H15F3N2O2. The fourth-order valence-electron chi connectivity index (χ4n) is 1.89. The Balaban J connectivity index is 2.13. The molecule has 7 heteroatoms. The predicted octanol–water partition coefficient (Wildman–Crippen LogP) is 3.73. The van der Waals surface area contributed by atoms with Gasteiger partial charge in [0.25, 0.3) is 0 Å². The number of methoxy groups -OCH3 is 2. The van der Waals surface area contributed by atoms with E-state index < -0.39 is 11.9 Å². The molecule has 0 fully saturated rings. The van der Waals surface area contributed by atoms with Crippen molar-refractivity contribution in [3.8, 4) is 11.5 Å². The number of alkyl halides is 3. The molecule has 0 unspecified atom stereocenters. The van der Waals surface area contributed by atoms with Gasteiger partial charge >= 0.3 is 6.18 Å². The van der Waals surface area contributed by atoms with Crippen LogP contribution in [0.4, 0.5) is 18.9 Å². The monoisotopic (exact) mass is 312 g/mol. The Hall–Kier alpha value is -2.44. The number of hydrogen-bond acceptors (Lipinski definition) is 4. The number of rotatable bonds is 5. The van der Waals surface area contributed by atoms with Crippen molar-refractivity contribution in [2.75, 3.05) is 19.5 Å². The molecular weight excluding hydrogens is 297 g/mol. The van der Waals surface area contributed by atoms with Crippen LogP contribution in [0.5, 0.6) is 11.5 Å². The highest BCUT2D eigenvalue weighted by atomic mass is 19.4. The van der Waals surface area contributed by atoms with Crippen molar-refractivity contribution in [2.45, 2.75) is 12.7 Å². The molecule has 0 amide bonds. The molecule has 0 aliphatic carbocycles. The summed E-state index contributed by atoms with van der Waals surface area (Å²) in [5.74, 6) is 1.24. The molecule has 0 aliphatic heterocycles. The smallest absolute Gasteiger partial charge is 0.433 e. The van der Waals surface area contributed by atoms with Gasteiger partial charge in [-0.05, 0) is 24.3 Å². The number of pyridine rings is 1. The highest BCUT2D eigenvalue weighted by Crippen LogP contribution is 2.29. The number of hydrogen-bond donors (Lipinski definition) is 1. The van der Waals surface area contributed by atoms with Crippen molar-refractivity contribution in [1.82, 2.24) is 4.98 Å². The fourth-order valence-corrected chi connectivity index (χ4v) is 1.89. The van der Waals surface area contributed by atoms with E-state index in [2.05, 4.69) is 10.3 Å². The normalized spacial score (nSPS) is 11.1. The zero-order chi connectivity index (χ0) is 16.2. The van der Waals surface area contributed by atoms with E-state index >= 15 is 0 Å². The summed E-state index contributed by atoms with van der Waals surface area (Å²) in [5.41, 5.74) is 0.202. The van der Waals surface area contributed by atoms with Crippen LogP contribution < -0.4 is 14.8 Å².